The Morgan fingerprint density at radius 1 is 0.938 bits per heavy atom. The van der Waals surface area contributed by atoms with Crippen LogP contribution in [0.3, 0.4) is 0 Å². The van der Waals surface area contributed by atoms with Crippen LogP contribution in [0.15, 0.2) is 72.8 Å². The Hall–Kier alpha value is -3.93. The second-order valence-electron chi connectivity index (χ2n) is 7.46. The first-order valence-corrected chi connectivity index (χ1v) is 10.3. The van der Waals surface area contributed by atoms with E-state index in [0.29, 0.717) is 28.1 Å². The third kappa shape index (κ3) is 5.60. The molecule has 0 aliphatic rings. The number of methoxy groups -OCH3 is 1. The number of rotatable bonds is 8. The van der Waals surface area contributed by atoms with Gasteiger partial charge in [0.15, 0.2) is 5.78 Å². The first kappa shape index (κ1) is 22.7. The Morgan fingerprint density at radius 3 is 2.31 bits per heavy atom. The lowest BCUT2D eigenvalue weighted by atomic mass is 10.0. The molecule has 164 valence electrons. The van der Waals surface area contributed by atoms with Crippen LogP contribution in [0.25, 0.3) is 0 Å². The van der Waals surface area contributed by atoms with Gasteiger partial charge >= 0.3 is 0 Å². The molecule has 1 atom stereocenters. The SMILES string of the molecule is COc1ccc(C(C)=O)cc1CC(=O)Nc1ccccc1C(=O)N[C@H](C)c1ccccc1. The molecule has 6 nitrogen and oxygen atoms in total. The van der Waals surface area contributed by atoms with Gasteiger partial charge in [-0.05, 0) is 49.7 Å². The summed E-state index contributed by atoms with van der Waals surface area (Å²) in [5.74, 6) is -0.175. The van der Waals surface area contributed by atoms with Gasteiger partial charge in [-0.1, -0.05) is 42.5 Å². The number of hydrogen-bond donors (Lipinski definition) is 2. The molecule has 0 aliphatic heterocycles. The second kappa shape index (κ2) is 10.4. The number of carbonyl (C=O) groups is 3. The molecule has 0 aromatic heterocycles. The number of anilines is 1. The molecular weight excluding hydrogens is 404 g/mol. The minimum atomic E-state index is -0.319. The highest BCUT2D eigenvalue weighted by Crippen LogP contribution is 2.23. The van der Waals surface area contributed by atoms with E-state index < -0.39 is 0 Å². The summed E-state index contributed by atoms with van der Waals surface area (Å²) in [6.07, 6.45) is 0.000660. The highest BCUT2D eigenvalue weighted by atomic mass is 16.5. The lowest BCUT2D eigenvalue weighted by molar-refractivity contribution is -0.115. The van der Waals surface area contributed by atoms with E-state index in [4.69, 9.17) is 4.74 Å². The zero-order valence-electron chi connectivity index (χ0n) is 18.3. The normalized spacial score (nSPS) is 11.3. The Balaban J connectivity index is 1.75. The van der Waals surface area contributed by atoms with Crippen LogP contribution in [0.1, 0.15) is 51.7 Å². The first-order valence-electron chi connectivity index (χ1n) is 10.3. The highest BCUT2D eigenvalue weighted by molar-refractivity contribution is 6.04. The second-order valence-corrected chi connectivity index (χ2v) is 7.46. The number of ketones is 1. The van der Waals surface area contributed by atoms with E-state index in [1.54, 1.807) is 42.5 Å². The van der Waals surface area contributed by atoms with Gasteiger partial charge in [0.05, 0.1) is 30.8 Å². The minimum Gasteiger partial charge on any atom is -0.496 e. The largest absolute Gasteiger partial charge is 0.496 e. The van der Waals surface area contributed by atoms with E-state index in [-0.39, 0.29) is 30.1 Å². The summed E-state index contributed by atoms with van der Waals surface area (Å²) < 4.78 is 5.32. The quantitative estimate of drug-likeness (QED) is 0.513. The fourth-order valence-corrected chi connectivity index (χ4v) is 3.39. The summed E-state index contributed by atoms with van der Waals surface area (Å²) in [4.78, 5) is 37.4. The van der Waals surface area contributed by atoms with Gasteiger partial charge in [-0.25, -0.2) is 0 Å². The predicted octanol–water partition coefficient (Wildman–Crippen LogP) is 4.57. The molecule has 0 fully saturated rings. The van der Waals surface area contributed by atoms with Gasteiger partial charge in [0.25, 0.3) is 5.91 Å². The van der Waals surface area contributed by atoms with Crippen LogP contribution < -0.4 is 15.4 Å². The maximum Gasteiger partial charge on any atom is 0.253 e. The van der Waals surface area contributed by atoms with Crippen LogP contribution in [-0.2, 0) is 11.2 Å². The van der Waals surface area contributed by atoms with Crippen LogP contribution in [0, 0.1) is 0 Å². The van der Waals surface area contributed by atoms with Crippen molar-refractivity contribution in [3.05, 3.63) is 95.1 Å². The van der Waals surface area contributed by atoms with E-state index >= 15 is 0 Å². The number of Topliss-reactive ketones (excluding diaryl/α,β-unsaturated/α-hetero) is 1. The van der Waals surface area contributed by atoms with E-state index in [0.717, 1.165) is 5.56 Å². The molecule has 0 spiro atoms. The maximum absolute atomic E-state index is 12.9. The maximum atomic E-state index is 12.9. The Labute approximate surface area is 187 Å². The molecule has 0 aliphatic carbocycles. The van der Waals surface area contributed by atoms with Crippen molar-refractivity contribution in [3.8, 4) is 5.75 Å². The molecule has 6 heteroatoms. The van der Waals surface area contributed by atoms with Crippen LogP contribution in [-0.4, -0.2) is 24.7 Å². The predicted molar refractivity (Wildman–Crippen MR) is 124 cm³/mol. The number of para-hydroxylation sites is 1. The fraction of sp³-hybridized carbons (Fsp3) is 0.192. The molecule has 3 aromatic rings. The Morgan fingerprint density at radius 2 is 1.62 bits per heavy atom. The van der Waals surface area contributed by atoms with Gasteiger partial charge in [-0.15, -0.1) is 0 Å². The topological polar surface area (TPSA) is 84.5 Å². The number of ether oxygens (including phenoxy) is 1. The van der Waals surface area contributed by atoms with Crippen LogP contribution in [0.5, 0.6) is 5.75 Å². The van der Waals surface area contributed by atoms with E-state index in [9.17, 15) is 14.4 Å². The van der Waals surface area contributed by atoms with Crippen LogP contribution in [0.4, 0.5) is 5.69 Å². The summed E-state index contributed by atoms with van der Waals surface area (Å²) in [6.45, 7) is 3.37. The average molecular weight is 431 g/mol. The number of benzene rings is 3. The molecular formula is C26H26N2O4. The third-order valence-electron chi connectivity index (χ3n) is 5.13. The summed E-state index contributed by atoms with van der Waals surface area (Å²) in [6, 6.07) is 21.3. The lowest BCUT2D eigenvalue weighted by Gasteiger charge is -2.16. The monoisotopic (exact) mass is 430 g/mol. The number of nitrogens with one attached hydrogen (secondary N) is 2. The van der Waals surface area contributed by atoms with Crippen molar-refractivity contribution in [3.63, 3.8) is 0 Å². The zero-order chi connectivity index (χ0) is 23.1. The third-order valence-corrected chi connectivity index (χ3v) is 5.13. The van der Waals surface area contributed by atoms with Crippen molar-refractivity contribution >= 4 is 23.3 Å². The summed E-state index contributed by atoms with van der Waals surface area (Å²) >= 11 is 0. The molecule has 2 amide bonds. The van der Waals surface area contributed by atoms with E-state index in [1.807, 2.05) is 37.3 Å². The van der Waals surface area contributed by atoms with Crippen molar-refractivity contribution in [2.24, 2.45) is 0 Å². The van der Waals surface area contributed by atoms with Gasteiger partial charge in [0.2, 0.25) is 5.91 Å². The van der Waals surface area contributed by atoms with Gasteiger partial charge in [-0.2, -0.15) is 0 Å². The van der Waals surface area contributed by atoms with Crippen molar-refractivity contribution in [1.82, 2.24) is 5.32 Å². The number of amides is 2. The molecule has 0 saturated heterocycles. The molecule has 0 radical (unpaired) electrons. The molecule has 0 saturated carbocycles. The van der Waals surface area contributed by atoms with Crippen LogP contribution in [0.2, 0.25) is 0 Å². The summed E-state index contributed by atoms with van der Waals surface area (Å²) in [7, 11) is 1.51. The number of hydrogen-bond acceptors (Lipinski definition) is 4. The van der Waals surface area contributed by atoms with Gasteiger partial charge in [0, 0.05) is 11.1 Å². The minimum absolute atomic E-state index is 0.000660. The number of carbonyl (C=O) groups excluding carboxylic acids is 3. The van der Waals surface area contributed by atoms with Crippen molar-refractivity contribution in [1.29, 1.82) is 0 Å². The Bertz CT molecular complexity index is 1130. The van der Waals surface area contributed by atoms with E-state index in [2.05, 4.69) is 10.6 Å². The van der Waals surface area contributed by atoms with E-state index in [1.165, 1.54) is 14.0 Å². The Kier molecular flexibility index (Phi) is 7.39. The summed E-state index contributed by atoms with van der Waals surface area (Å²) in [5, 5.41) is 5.78. The summed E-state index contributed by atoms with van der Waals surface area (Å²) in [5.41, 5.74) is 2.87. The van der Waals surface area contributed by atoms with Crippen molar-refractivity contribution < 1.29 is 19.1 Å². The molecule has 2 N–H and O–H groups in total. The van der Waals surface area contributed by atoms with Gasteiger partial charge in [0.1, 0.15) is 5.75 Å². The molecule has 3 aromatic carbocycles. The highest BCUT2D eigenvalue weighted by Gasteiger charge is 2.17. The first-order chi connectivity index (χ1) is 15.4. The van der Waals surface area contributed by atoms with Crippen molar-refractivity contribution in [2.45, 2.75) is 26.3 Å². The van der Waals surface area contributed by atoms with Gasteiger partial charge in [-0.3, -0.25) is 14.4 Å². The van der Waals surface area contributed by atoms with Gasteiger partial charge < -0.3 is 15.4 Å². The van der Waals surface area contributed by atoms with Crippen LogP contribution >= 0.6 is 0 Å². The lowest BCUT2D eigenvalue weighted by Crippen LogP contribution is -2.28. The molecule has 0 bridgehead atoms. The molecule has 0 unspecified atom stereocenters. The molecule has 0 heterocycles. The smallest absolute Gasteiger partial charge is 0.253 e. The van der Waals surface area contributed by atoms with Crippen molar-refractivity contribution in [2.75, 3.05) is 12.4 Å². The average Bonchev–Trinajstić information content (AvgIpc) is 2.79. The standard InChI is InChI=1S/C26H26N2O4/c1-17(19-9-5-4-6-10-19)27-26(31)22-11-7-8-12-23(22)28-25(30)16-21-15-20(18(2)29)13-14-24(21)32-3/h4-15,17H,16H2,1-3H3,(H,27,31)(H,28,30)/t17-/m1/s1. The fourth-order valence-electron chi connectivity index (χ4n) is 3.39. The molecule has 32 heavy (non-hydrogen) atoms. The molecule has 3 rings (SSSR count). The zero-order valence-corrected chi connectivity index (χ0v) is 18.3.